The Kier molecular flexibility index (Phi) is 2.26. The Bertz CT molecular complexity index is 155. The molecule has 0 heterocycles. The Morgan fingerprint density at radius 1 is 0.917 bits per heavy atom. The van der Waals surface area contributed by atoms with Gasteiger partial charge in [0.1, 0.15) is 0 Å². The van der Waals surface area contributed by atoms with Gasteiger partial charge in [-0.05, 0) is 23.7 Å². The van der Waals surface area contributed by atoms with Gasteiger partial charge in [0.2, 0.25) is 0 Å². The molecule has 1 saturated carbocycles. The molecule has 1 fully saturated rings. The fourth-order valence-electron chi connectivity index (χ4n) is 2.35. The van der Waals surface area contributed by atoms with E-state index in [0.717, 1.165) is 12.8 Å². The second-order valence-corrected chi connectivity index (χ2v) is 5.60. The quantitative estimate of drug-likeness (QED) is 0.578. The van der Waals surface area contributed by atoms with Crippen molar-refractivity contribution < 1.29 is 0 Å². The average molecular weight is 170 g/mol. The van der Waals surface area contributed by atoms with Gasteiger partial charge in [0.05, 0.1) is 0 Å². The van der Waals surface area contributed by atoms with E-state index in [1.54, 1.807) is 0 Å². The first-order chi connectivity index (χ1) is 5.26. The molecule has 1 aliphatic carbocycles. The van der Waals surface area contributed by atoms with Crippen LogP contribution in [0.5, 0.6) is 0 Å². The predicted octanol–water partition coefficient (Wildman–Crippen LogP) is 1.49. The van der Waals surface area contributed by atoms with Crippen molar-refractivity contribution in [2.45, 2.75) is 52.6 Å². The highest BCUT2D eigenvalue weighted by Crippen LogP contribution is 2.44. The van der Waals surface area contributed by atoms with Crippen LogP contribution in [-0.2, 0) is 0 Å². The van der Waals surface area contributed by atoms with Crippen LogP contribution in [0.25, 0.3) is 0 Å². The van der Waals surface area contributed by atoms with Crippen LogP contribution in [0, 0.1) is 10.8 Å². The molecule has 4 N–H and O–H groups in total. The Morgan fingerprint density at radius 2 is 1.25 bits per heavy atom. The number of nitrogens with two attached hydrogens (primary N) is 2. The summed E-state index contributed by atoms with van der Waals surface area (Å²) in [5, 5.41) is 0. The smallest absolute Gasteiger partial charge is 0.0105 e. The van der Waals surface area contributed by atoms with Gasteiger partial charge < -0.3 is 11.5 Å². The largest absolute Gasteiger partial charge is 0.327 e. The molecule has 0 aromatic carbocycles. The van der Waals surface area contributed by atoms with E-state index in [1.807, 2.05) is 0 Å². The minimum absolute atomic E-state index is 0.249. The fourth-order valence-corrected chi connectivity index (χ4v) is 2.35. The van der Waals surface area contributed by atoms with E-state index >= 15 is 0 Å². The fraction of sp³-hybridized carbons (Fsp3) is 1.00. The third kappa shape index (κ3) is 1.64. The van der Waals surface area contributed by atoms with Crippen molar-refractivity contribution >= 4 is 0 Å². The van der Waals surface area contributed by atoms with Crippen LogP contribution < -0.4 is 11.5 Å². The molecule has 72 valence electrons. The highest BCUT2D eigenvalue weighted by Gasteiger charge is 2.43. The lowest BCUT2D eigenvalue weighted by molar-refractivity contribution is 0.0698. The van der Waals surface area contributed by atoms with Crippen molar-refractivity contribution in [1.82, 2.24) is 0 Å². The molecule has 0 bridgehead atoms. The van der Waals surface area contributed by atoms with Crippen LogP contribution in [0.1, 0.15) is 40.5 Å². The molecular weight excluding hydrogens is 148 g/mol. The van der Waals surface area contributed by atoms with Gasteiger partial charge in [-0.1, -0.05) is 27.7 Å². The summed E-state index contributed by atoms with van der Waals surface area (Å²) in [6.07, 6.45) is 2.09. The Balaban J connectivity index is 2.78. The first kappa shape index (κ1) is 10.0. The van der Waals surface area contributed by atoms with Gasteiger partial charge in [-0.3, -0.25) is 0 Å². The summed E-state index contributed by atoms with van der Waals surface area (Å²) in [7, 11) is 0. The summed E-state index contributed by atoms with van der Waals surface area (Å²) in [6.45, 7) is 8.97. The van der Waals surface area contributed by atoms with Gasteiger partial charge in [-0.15, -0.1) is 0 Å². The van der Waals surface area contributed by atoms with Crippen LogP contribution in [0.3, 0.4) is 0 Å². The van der Waals surface area contributed by atoms with Crippen molar-refractivity contribution in [2.75, 3.05) is 0 Å². The minimum atomic E-state index is 0.249. The molecule has 12 heavy (non-hydrogen) atoms. The van der Waals surface area contributed by atoms with Crippen LogP contribution in [0.4, 0.5) is 0 Å². The van der Waals surface area contributed by atoms with Crippen LogP contribution >= 0.6 is 0 Å². The van der Waals surface area contributed by atoms with Crippen molar-refractivity contribution in [3.8, 4) is 0 Å². The Morgan fingerprint density at radius 3 is 1.50 bits per heavy atom. The molecule has 0 spiro atoms. The zero-order valence-corrected chi connectivity index (χ0v) is 8.72. The van der Waals surface area contributed by atoms with E-state index in [1.165, 1.54) is 0 Å². The maximum atomic E-state index is 6.04. The van der Waals surface area contributed by atoms with Crippen LogP contribution in [0.2, 0.25) is 0 Å². The van der Waals surface area contributed by atoms with Gasteiger partial charge in [0, 0.05) is 12.1 Å². The molecule has 1 rings (SSSR count). The van der Waals surface area contributed by atoms with Gasteiger partial charge in [-0.2, -0.15) is 0 Å². The standard InChI is InChI=1S/C10H22N2/c1-9(2)6-10(3,4)8(12)5-7(9)11/h7-8H,5-6,11-12H2,1-4H3. The number of rotatable bonds is 0. The van der Waals surface area contributed by atoms with Gasteiger partial charge >= 0.3 is 0 Å². The molecule has 0 aromatic heterocycles. The maximum Gasteiger partial charge on any atom is 0.0105 e. The summed E-state index contributed by atoms with van der Waals surface area (Å²) in [4.78, 5) is 0. The lowest BCUT2D eigenvalue weighted by atomic mass is 9.61. The molecule has 0 aromatic rings. The topological polar surface area (TPSA) is 52.0 Å². The first-order valence-electron chi connectivity index (χ1n) is 4.77. The van der Waals surface area contributed by atoms with Crippen molar-refractivity contribution in [1.29, 1.82) is 0 Å². The number of hydrogen-bond acceptors (Lipinski definition) is 2. The lowest BCUT2D eigenvalue weighted by Crippen LogP contribution is -2.55. The van der Waals surface area contributed by atoms with E-state index in [9.17, 15) is 0 Å². The van der Waals surface area contributed by atoms with E-state index in [4.69, 9.17) is 11.5 Å². The van der Waals surface area contributed by atoms with Gasteiger partial charge in [0.25, 0.3) is 0 Å². The summed E-state index contributed by atoms with van der Waals surface area (Å²) in [5.74, 6) is 0. The molecule has 0 aliphatic heterocycles. The molecule has 0 amide bonds. The van der Waals surface area contributed by atoms with E-state index in [2.05, 4.69) is 27.7 Å². The van der Waals surface area contributed by atoms with E-state index in [-0.39, 0.29) is 22.9 Å². The van der Waals surface area contributed by atoms with Gasteiger partial charge in [0.15, 0.2) is 0 Å². The molecule has 1 aliphatic rings. The second-order valence-electron chi connectivity index (χ2n) is 5.60. The van der Waals surface area contributed by atoms with Crippen molar-refractivity contribution in [2.24, 2.45) is 22.3 Å². The summed E-state index contributed by atoms with van der Waals surface area (Å²) in [5.41, 5.74) is 12.6. The molecule has 2 unspecified atom stereocenters. The molecule has 2 heteroatoms. The molecule has 2 atom stereocenters. The molecule has 0 radical (unpaired) electrons. The normalized spacial score (nSPS) is 39.5. The number of hydrogen-bond donors (Lipinski definition) is 2. The first-order valence-corrected chi connectivity index (χ1v) is 4.77. The molecular formula is C10H22N2. The minimum Gasteiger partial charge on any atom is -0.327 e. The zero-order chi connectivity index (χ0) is 9.57. The Labute approximate surface area is 75.7 Å². The highest BCUT2D eigenvalue weighted by molar-refractivity contribution is 4.99. The predicted molar refractivity (Wildman–Crippen MR) is 52.7 cm³/mol. The van der Waals surface area contributed by atoms with Crippen molar-refractivity contribution in [3.63, 3.8) is 0 Å². The average Bonchev–Trinajstić information content (AvgIpc) is 1.82. The zero-order valence-electron chi connectivity index (χ0n) is 8.72. The third-order valence-electron chi connectivity index (χ3n) is 3.43. The summed E-state index contributed by atoms with van der Waals surface area (Å²) in [6, 6.07) is 0.529. The van der Waals surface area contributed by atoms with E-state index in [0.29, 0.717) is 0 Å². The SMILES string of the molecule is CC1(C)CC(C)(C)C(N)CC1N. The van der Waals surface area contributed by atoms with E-state index < -0.39 is 0 Å². The van der Waals surface area contributed by atoms with Crippen LogP contribution in [-0.4, -0.2) is 12.1 Å². The van der Waals surface area contributed by atoms with Crippen LogP contribution in [0.15, 0.2) is 0 Å². The summed E-state index contributed by atoms with van der Waals surface area (Å²) >= 11 is 0. The molecule has 2 nitrogen and oxygen atoms in total. The maximum absolute atomic E-state index is 6.04. The third-order valence-corrected chi connectivity index (χ3v) is 3.43. The van der Waals surface area contributed by atoms with Gasteiger partial charge in [-0.25, -0.2) is 0 Å². The Hall–Kier alpha value is -0.0800. The van der Waals surface area contributed by atoms with Crippen molar-refractivity contribution in [3.05, 3.63) is 0 Å². The lowest BCUT2D eigenvalue weighted by Gasteiger charge is -2.48. The monoisotopic (exact) mass is 170 g/mol. The molecule has 0 saturated heterocycles. The second kappa shape index (κ2) is 2.71. The summed E-state index contributed by atoms with van der Waals surface area (Å²) < 4.78 is 0. The highest BCUT2D eigenvalue weighted by atomic mass is 14.8.